The normalized spacial score (nSPS) is 14.8. The van der Waals surface area contributed by atoms with Gasteiger partial charge >= 0.3 is 0 Å². The second kappa shape index (κ2) is 6.92. The lowest BCUT2D eigenvalue weighted by atomic mass is 10.2. The fraction of sp³-hybridized carbons (Fsp3) is 0.615. The minimum absolute atomic E-state index is 0.423. The van der Waals surface area contributed by atoms with Crippen molar-refractivity contribution in [3.05, 3.63) is 24.0 Å². The molecule has 0 amide bonds. The maximum absolute atomic E-state index is 9.61. The van der Waals surface area contributed by atoms with Crippen LogP contribution in [0, 0.1) is 5.92 Å². The Kier molecular flexibility index (Phi) is 5.85. The molecule has 0 bridgehead atoms. The molecule has 3 heteroatoms. The fourth-order valence-corrected chi connectivity index (χ4v) is 2.24. The molecule has 0 radical (unpaired) electrons. The number of aliphatic hydroxyl groups excluding tert-OH is 1. The van der Waals surface area contributed by atoms with E-state index in [0.29, 0.717) is 6.42 Å². The van der Waals surface area contributed by atoms with E-state index in [0.717, 1.165) is 17.4 Å². The highest BCUT2D eigenvalue weighted by Gasteiger charge is 2.06. The lowest BCUT2D eigenvalue weighted by Crippen LogP contribution is -1.99. The Morgan fingerprint density at radius 1 is 1.31 bits per heavy atom. The molecular formula is C13H21NOS. The van der Waals surface area contributed by atoms with Crippen molar-refractivity contribution in [2.45, 2.75) is 44.6 Å². The van der Waals surface area contributed by atoms with Crippen molar-refractivity contribution < 1.29 is 5.11 Å². The van der Waals surface area contributed by atoms with Crippen LogP contribution in [-0.2, 0) is 0 Å². The zero-order chi connectivity index (χ0) is 12.0. The van der Waals surface area contributed by atoms with Gasteiger partial charge in [-0.3, -0.25) is 4.98 Å². The molecule has 2 unspecified atom stereocenters. The van der Waals surface area contributed by atoms with Gasteiger partial charge in [0.25, 0.3) is 0 Å². The van der Waals surface area contributed by atoms with E-state index < -0.39 is 6.10 Å². The Labute approximate surface area is 102 Å². The first kappa shape index (κ1) is 13.5. The van der Waals surface area contributed by atoms with Gasteiger partial charge in [-0.1, -0.05) is 27.2 Å². The van der Waals surface area contributed by atoms with Gasteiger partial charge in [0.05, 0.1) is 11.8 Å². The van der Waals surface area contributed by atoms with E-state index in [2.05, 4.69) is 18.8 Å². The summed E-state index contributed by atoms with van der Waals surface area (Å²) in [5.41, 5.74) is 0.774. The highest BCUT2D eigenvalue weighted by Crippen LogP contribution is 2.22. The van der Waals surface area contributed by atoms with E-state index in [1.807, 2.05) is 37.0 Å². The number of rotatable bonds is 6. The van der Waals surface area contributed by atoms with Gasteiger partial charge in [0, 0.05) is 16.8 Å². The second-order valence-corrected chi connectivity index (χ2v) is 5.26. The van der Waals surface area contributed by atoms with Crippen LogP contribution < -0.4 is 0 Å². The Hall–Kier alpha value is -0.540. The van der Waals surface area contributed by atoms with E-state index in [9.17, 15) is 5.11 Å². The SMILES string of the molecule is CCC(C)CSc1ccc(C(O)CC)nc1. The van der Waals surface area contributed by atoms with Crippen molar-refractivity contribution in [2.75, 3.05) is 5.75 Å². The van der Waals surface area contributed by atoms with E-state index in [-0.39, 0.29) is 0 Å². The summed E-state index contributed by atoms with van der Waals surface area (Å²) in [6.07, 6.45) is 3.37. The summed E-state index contributed by atoms with van der Waals surface area (Å²) < 4.78 is 0. The van der Waals surface area contributed by atoms with Crippen LogP contribution in [0.15, 0.2) is 23.2 Å². The van der Waals surface area contributed by atoms with Crippen LogP contribution in [0.25, 0.3) is 0 Å². The highest BCUT2D eigenvalue weighted by atomic mass is 32.2. The van der Waals surface area contributed by atoms with Gasteiger partial charge in [-0.05, 0) is 24.5 Å². The topological polar surface area (TPSA) is 33.1 Å². The molecule has 0 spiro atoms. The summed E-state index contributed by atoms with van der Waals surface area (Å²) in [5.74, 6) is 1.87. The molecule has 2 nitrogen and oxygen atoms in total. The summed E-state index contributed by atoms with van der Waals surface area (Å²) in [5, 5.41) is 9.61. The number of aromatic nitrogens is 1. The third-order valence-electron chi connectivity index (χ3n) is 2.72. The van der Waals surface area contributed by atoms with Crippen LogP contribution in [0.4, 0.5) is 0 Å². The van der Waals surface area contributed by atoms with Gasteiger partial charge in [-0.25, -0.2) is 0 Å². The summed E-state index contributed by atoms with van der Waals surface area (Å²) >= 11 is 1.84. The van der Waals surface area contributed by atoms with Crippen LogP contribution in [0.2, 0.25) is 0 Å². The average Bonchev–Trinajstić information content (AvgIpc) is 2.35. The van der Waals surface area contributed by atoms with Crippen molar-refractivity contribution in [1.82, 2.24) is 4.98 Å². The van der Waals surface area contributed by atoms with Crippen molar-refractivity contribution >= 4 is 11.8 Å². The first-order valence-electron chi connectivity index (χ1n) is 5.94. The second-order valence-electron chi connectivity index (χ2n) is 4.17. The summed E-state index contributed by atoms with van der Waals surface area (Å²) in [4.78, 5) is 5.47. The van der Waals surface area contributed by atoms with Gasteiger partial charge in [-0.2, -0.15) is 0 Å². The van der Waals surface area contributed by atoms with Gasteiger partial charge in [0.1, 0.15) is 0 Å². The van der Waals surface area contributed by atoms with E-state index in [4.69, 9.17) is 0 Å². The maximum atomic E-state index is 9.61. The Morgan fingerprint density at radius 3 is 2.56 bits per heavy atom. The molecule has 1 aromatic rings. The first-order chi connectivity index (χ1) is 7.67. The van der Waals surface area contributed by atoms with Crippen molar-refractivity contribution in [2.24, 2.45) is 5.92 Å². The molecule has 0 aliphatic carbocycles. The lowest BCUT2D eigenvalue weighted by Gasteiger charge is -2.09. The molecule has 90 valence electrons. The zero-order valence-corrected chi connectivity index (χ0v) is 11.1. The monoisotopic (exact) mass is 239 g/mol. The van der Waals surface area contributed by atoms with Crippen LogP contribution in [0.1, 0.15) is 45.4 Å². The molecule has 0 fully saturated rings. The minimum Gasteiger partial charge on any atom is -0.387 e. The first-order valence-corrected chi connectivity index (χ1v) is 6.92. The van der Waals surface area contributed by atoms with E-state index in [1.165, 1.54) is 11.3 Å². The standard InChI is InChI=1S/C13H21NOS/c1-4-10(3)9-16-11-6-7-12(14-8-11)13(15)5-2/h6-8,10,13,15H,4-5,9H2,1-3H3. The number of aliphatic hydroxyl groups is 1. The number of hydrogen-bond acceptors (Lipinski definition) is 3. The molecule has 1 N–H and O–H groups in total. The number of pyridine rings is 1. The van der Waals surface area contributed by atoms with Crippen LogP contribution in [0.3, 0.4) is 0 Å². The van der Waals surface area contributed by atoms with E-state index >= 15 is 0 Å². The van der Waals surface area contributed by atoms with Crippen LogP contribution >= 0.6 is 11.8 Å². The molecule has 1 rings (SSSR count). The number of nitrogens with zero attached hydrogens (tertiary/aromatic N) is 1. The molecule has 1 aromatic heterocycles. The average molecular weight is 239 g/mol. The predicted molar refractivity (Wildman–Crippen MR) is 69.7 cm³/mol. The fourth-order valence-electron chi connectivity index (χ4n) is 1.24. The van der Waals surface area contributed by atoms with Gasteiger partial charge in [0.2, 0.25) is 0 Å². The van der Waals surface area contributed by atoms with Crippen molar-refractivity contribution in [3.63, 3.8) is 0 Å². The molecule has 2 atom stereocenters. The Balaban J connectivity index is 2.51. The zero-order valence-electron chi connectivity index (χ0n) is 10.3. The summed E-state index contributed by atoms with van der Waals surface area (Å²) in [6.45, 7) is 6.43. The van der Waals surface area contributed by atoms with E-state index in [1.54, 1.807) is 0 Å². The number of hydrogen-bond donors (Lipinski definition) is 1. The van der Waals surface area contributed by atoms with Crippen LogP contribution in [-0.4, -0.2) is 15.8 Å². The summed E-state index contributed by atoms with van der Waals surface area (Å²) in [6, 6.07) is 3.97. The smallest absolute Gasteiger partial charge is 0.0957 e. The summed E-state index contributed by atoms with van der Waals surface area (Å²) in [7, 11) is 0. The quantitative estimate of drug-likeness (QED) is 0.769. The van der Waals surface area contributed by atoms with Crippen LogP contribution in [0.5, 0.6) is 0 Å². The molecule has 1 heterocycles. The lowest BCUT2D eigenvalue weighted by molar-refractivity contribution is 0.169. The van der Waals surface area contributed by atoms with Gasteiger partial charge in [-0.15, -0.1) is 11.8 Å². The molecule has 0 aliphatic rings. The van der Waals surface area contributed by atoms with Gasteiger partial charge in [0.15, 0.2) is 0 Å². The van der Waals surface area contributed by atoms with Crippen molar-refractivity contribution in [1.29, 1.82) is 0 Å². The largest absolute Gasteiger partial charge is 0.387 e. The van der Waals surface area contributed by atoms with Crippen molar-refractivity contribution in [3.8, 4) is 0 Å². The molecule has 0 saturated heterocycles. The Bertz CT molecular complexity index is 299. The molecule has 0 aromatic carbocycles. The Morgan fingerprint density at radius 2 is 2.06 bits per heavy atom. The minimum atomic E-state index is -0.423. The molecular weight excluding hydrogens is 218 g/mol. The van der Waals surface area contributed by atoms with Gasteiger partial charge < -0.3 is 5.11 Å². The highest BCUT2D eigenvalue weighted by molar-refractivity contribution is 7.99. The molecule has 16 heavy (non-hydrogen) atoms. The number of thioether (sulfide) groups is 1. The predicted octanol–water partition coefficient (Wildman–Crippen LogP) is 3.66. The molecule has 0 aliphatic heterocycles. The third kappa shape index (κ3) is 4.14. The molecule has 0 saturated carbocycles. The maximum Gasteiger partial charge on any atom is 0.0957 e. The third-order valence-corrected chi connectivity index (χ3v) is 4.03.